The molecule has 0 aromatic carbocycles. The molecule has 2 aromatic heterocycles. The highest BCUT2D eigenvalue weighted by molar-refractivity contribution is 5.93. The first-order valence-electron chi connectivity index (χ1n) is 8.30. The number of hydrogen-bond acceptors (Lipinski definition) is 5. The summed E-state index contributed by atoms with van der Waals surface area (Å²) in [6, 6.07) is 2.17. The molecule has 0 saturated carbocycles. The Morgan fingerprint density at radius 3 is 2.62 bits per heavy atom. The molecule has 2 amide bonds. The third-order valence-corrected chi connectivity index (χ3v) is 3.70. The van der Waals surface area contributed by atoms with Crippen molar-refractivity contribution in [3.05, 3.63) is 22.6 Å². The molecule has 5 N–H and O–H groups in total. The summed E-state index contributed by atoms with van der Waals surface area (Å²) in [6.07, 6.45) is 1.61. The number of anilines is 1. The minimum atomic E-state index is -1.09. The van der Waals surface area contributed by atoms with E-state index in [1.807, 2.05) is 6.92 Å². The topological polar surface area (TPSA) is 157 Å². The van der Waals surface area contributed by atoms with Crippen LogP contribution in [-0.4, -0.2) is 43.9 Å². The number of unbranched alkanes of at least 4 members (excludes halogenated alkanes) is 1. The number of nitrogens with zero attached hydrogens (tertiary/aromatic N) is 1. The molecule has 2 rings (SSSR count). The molecule has 2 heterocycles. The Hall–Kier alpha value is -3.17. The van der Waals surface area contributed by atoms with Crippen LogP contribution in [-0.2, 0) is 14.4 Å². The molecule has 0 fully saturated rings. The van der Waals surface area contributed by atoms with Crippen LogP contribution in [0.3, 0.4) is 0 Å². The van der Waals surface area contributed by atoms with E-state index >= 15 is 0 Å². The van der Waals surface area contributed by atoms with E-state index in [2.05, 4.69) is 25.6 Å². The van der Waals surface area contributed by atoms with Gasteiger partial charge in [-0.1, -0.05) is 19.8 Å². The number of H-pyrrole nitrogens is 2. The summed E-state index contributed by atoms with van der Waals surface area (Å²) in [6.45, 7) is 1.93. The van der Waals surface area contributed by atoms with E-state index in [0.717, 1.165) is 6.42 Å². The van der Waals surface area contributed by atoms with Gasteiger partial charge in [-0.05, 0) is 18.6 Å². The van der Waals surface area contributed by atoms with Crippen molar-refractivity contribution in [2.45, 2.75) is 45.1 Å². The average molecular weight is 363 g/mol. The Kier molecular flexibility index (Phi) is 6.48. The second kappa shape index (κ2) is 8.79. The zero-order valence-electron chi connectivity index (χ0n) is 14.3. The number of aromatic amines is 2. The fraction of sp³-hybridized carbons (Fsp3) is 0.438. The SMILES string of the molecule is CCCCC(NC(=O)CCC(=O)Nc1ccc2[nH]c(=O)[nH]c2n1)C(=O)O. The average Bonchev–Trinajstić information content (AvgIpc) is 2.95. The van der Waals surface area contributed by atoms with Crippen LogP contribution in [0.1, 0.15) is 39.0 Å². The molecular formula is C16H21N5O5. The van der Waals surface area contributed by atoms with Crippen LogP contribution in [0.5, 0.6) is 0 Å². The molecule has 140 valence electrons. The molecule has 0 radical (unpaired) electrons. The van der Waals surface area contributed by atoms with Crippen LogP contribution in [0.15, 0.2) is 16.9 Å². The van der Waals surface area contributed by atoms with E-state index < -0.39 is 29.5 Å². The highest BCUT2D eigenvalue weighted by Crippen LogP contribution is 2.10. The molecule has 0 aliphatic rings. The van der Waals surface area contributed by atoms with E-state index in [1.54, 1.807) is 6.07 Å². The molecule has 0 bridgehead atoms. The van der Waals surface area contributed by atoms with Gasteiger partial charge in [-0.2, -0.15) is 0 Å². The largest absolute Gasteiger partial charge is 0.480 e. The molecule has 0 aliphatic carbocycles. The number of carbonyl (C=O) groups excluding carboxylic acids is 2. The predicted octanol–water partition coefficient (Wildman–Crippen LogP) is 0.730. The van der Waals surface area contributed by atoms with Crippen LogP contribution in [0.25, 0.3) is 11.2 Å². The molecule has 1 atom stereocenters. The Morgan fingerprint density at radius 1 is 1.19 bits per heavy atom. The van der Waals surface area contributed by atoms with Crippen LogP contribution in [0, 0.1) is 0 Å². The first kappa shape index (κ1) is 19.2. The highest BCUT2D eigenvalue weighted by Gasteiger charge is 2.19. The number of aliphatic carboxylic acids is 1. The van der Waals surface area contributed by atoms with Crippen molar-refractivity contribution < 1.29 is 19.5 Å². The third kappa shape index (κ3) is 5.43. The molecule has 2 aromatic rings. The number of carboxylic acid groups (broad SMARTS) is 1. The quantitative estimate of drug-likeness (QED) is 0.442. The fourth-order valence-corrected chi connectivity index (χ4v) is 2.35. The van der Waals surface area contributed by atoms with Gasteiger partial charge in [0.2, 0.25) is 11.8 Å². The maximum atomic E-state index is 11.9. The molecule has 0 aliphatic heterocycles. The lowest BCUT2D eigenvalue weighted by atomic mass is 10.1. The molecular weight excluding hydrogens is 342 g/mol. The van der Waals surface area contributed by atoms with Gasteiger partial charge >= 0.3 is 11.7 Å². The second-order valence-electron chi connectivity index (χ2n) is 5.82. The van der Waals surface area contributed by atoms with Gasteiger partial charge in [-0.25, -0.2) is 14.6 Å². The van der Waals surface area contributed by atoms with Gasteiger partial charge < -0.3 is 20.7 Å². The highest BCUT2D eigenvalue weighted by atomic mass is 16.4. The normalized spacial score (nSPS) is 11.9. The predicted molar refractivity (Wildman–Crippen MR) is 93.7 cm³/mol. The molecule has 0 spiro atoms. The van der Waals surface area contributed by atoms with Gasteiger partial charge in [0.05, 0.1) is 5.52 Å². The number of fused-ring (bicyclic) bond motifs is 1. The minimum Gasteiger partial charge on any atom is -0.480 e. The lowest BCUT2D eigenvalue weighted by molar-refractivity contribution is -0.142. The Balaban J connectivity index is 1.83. The summed E-state index contributed by atoms with van der Waals surface area (Å²) in [7, 11) is 0. The maximum absolute atomic E-state index is 11.9. The van der Waals surface area contributed by atoms with Crippen molar-refractivity contribution in [3.8, 4) is 0 Å². The van der Waals surface area contributed by atoms with Crippen molar-refractivity contribution in [1.29, 1.82) is 0 Å². The van der Waals surface area contributed by atoms with Crippen LogP contribution in [0.4, 0.5) is 5.82 Å². The van der Waals surface area contributed by atoms with Crippen molar-refractivity contribution in [2.75, 3.05) is 5.32 Å². The number of aromatic nitrogens is 3. The van der Waals surface area contributed by atoms with Crippen molar-refractivity contribution >= 4 is 34.8 Å². The van der Waals surface area contributed by atoms with E-state index in [0.29, 0.717) is 24.0 Å². The lowest BCUT2D eigenvalue weighted by Crippen LogP contribution is -2.40. The summed E-state index contributed by atoms with van der Waals surface area (Å²) < 4.78 is 0. The van der Waals surface area contributed by atoms with Crippen molar-refractivity contribution in [1.82, 2.24) is 20.3 Å². The maximum Gasteiger partial charge on any atom is 0.326 e. The number of carboxylic acids is 1. The van der Waals surface area contributed by atoms with E-state index in [-0.39, 0.29) is 18.7 Å². The van der Waals surface area contributed by atoms with Gasteiger partial charge in [0.15, 0.2) is 5.65 Å². The summed E-state index contributed by atoms with van der Waals surface area (Å²) in [5.74, 6) is -1.79. The molecule has 10 heteroatoms. The van der Waals surface area contributed by atoms with E-state index in [9.17, 15) is 19.2 Å². The second-order valence-corrected chi connectivity index (χ2v) is 5.82. The Bertz CT molecular complexity index is 856. The Morgan fingerprint density at radius 2 is 1.92 bits per heavy atom. The number of pyridine rings is 1. The number of nitrogens with one attached hydrogen (secondary N) is 4. The smallest absolute Gasteiger partial charge is 0.326 e. The number of rotatable bonds is 9. The Labute approximate surface area is 148 Å². The molecule has 0 saturated heterocycles. The van der Waals surface area contributed by atoms with Gasteiger partial charge in [0, 0.05) is 12.8 Å². The van der Waals surface area contributed by atoms with Gasteiger partial charge in [0.25, 0.3) is 0 Å². The van der Waals surface area contributed by atoms with Crippen LogP contribution < -0.4 is 16.3 Å². The fourth-order valence-electron chi connectivity index (χ4n) is 2.35. The van der Waals surface area contributed by atoms with Gasteiger partial charge in [-0.15, -0.1) is 0 Å². The monoisotopic (exact) mass is 363 g/mol. The van der Waals surface area contributed by atoms with Gasteiger partial charge in [-0.3, -0.25) is 14.6 Å². The molecule has 1 unspecified atom stereocenters. The van der Waals surface area contributed by atoms with Crippen molar-refractivity contribution in [2.24, 2.45) is 0 Å². The third-order valence-electron chi connectivity index (χ3n) is 3.70. The first-order chi connectivity index (χ1) is 12.4. The van der Waals surface area contributed by atoms with Crippen molar-refractivity contribution in [3.63, 3.8) is 0 Å². The zero-order chi connectivity index (χ0) is 19.1. The van der Waals surface area contributed by atoms with Crippen LogP contribution >= 0.6 is 0 Å². The van der Waals surface area contributed by atoms with Gasteiger partial charge in [0.1, 0.15) is 11.9 Å². The standard InChI is InChI=1S/C16H21N5O5/c1-2-3-4-10(15(24)25)17-12(22)7-8-13(23)19-11-6-5-9-14(20-11)21-16(26)18-9/h5-6,10H,2-4,7-8H2,1H3,(H,17,22)(H,24,25)(H3,18,19,20,21,23,26). The van der Waals surface area contributed by atoms with Crippen LogP contribution in [0.2, 0.25) is 0 Å². The lowest BCUT2D eigenvalue weighted by Gasteiger charge is -2.13. The minimum absolute atomic E-state index is 0.116. The molecule has 26 heavy (non-hydrogen) atoms. The summed E-state index contributed by atoms with van der Waals surface area (Å²) in [5.41, 5.74) is 0.425. The number of hydrogen-bond donors (Lipinski definition) is 5. The number of imidazole rings is 1. The zero-order valence-corrected chi connectivity index (χ0v) is 14.3. The van der Waals surface area contributed by atoms with E-state index in [1.165, 1.54) is 6.07 Å². The van der Waals surface area contributed by atoms with E-state index in [4.69, 9.17) is 5.11 Å². The number of carbonyl (C=O) groups is 3. The first-order valence-corrected chi connectivity index (χ1v) is 8.30. The molecule has 10 nitrogen and oxygen atoms in total. The summed E-state index contributed by atoms with van der Waals surface area (Å²) in [4.78, 5) is 55.1. The number of amides is 2. The summed E-state index contributed by atoms with van der Waals surface area (Å²) in [5, 5.41) is 14.0. The summed E-state index contributed by atoms with van der Waals surface area (Å²) >= 11 is 0.